The van der Waals surface area contributed by atoms with Crippen LogP contribution < -0.4 is 0 Å². The molecule has 0 bridgehead atoms. The highest BCUT2D eigenvalue weighted by molar-refractivity contribution is 5.77. The van der Waals surface area contributed by atoms with Crippen LogP contribution in [0.4, 0.5) is 0 Å². The number of hydrogen-bond donors (Lipinski definition) is 0. The van der Waals surface area contributed by atoms with Gasteiger partial charge < -0.3 is 14.5 Å². The third kappa shape index (κ3) is 3.42. The molecule has 0 unspecified atom stereocenters. The first-order chi connectivity index (χ1) is 8.31. The van der Waals surface area contributed by atoms with Crippen molar-refractivity contribution in [2.45, 2.75) is 38.1 Å². The van der Waals surface area contributed by atoms with Gasteiger partial charge in [-0.2, -0.15) is 0 Å². The van der Waals surface area contributed by atoms with Gasteiger partial charge in [0.2, 0.25) is 5.91 Å². The molecule has 1 amide bonds. The zero-order valence-electron chi connectivity index (χ0n) is 10.9. The van der Waals surface area contributed by atoms with Gasteiger partial charge in [-0.3, -0.25) is 4.79 Å². The number of amides is 1. The van der Waals surface area contributed by atoms with Crippen LogP contribution in [-0.2, 0) is 9.53 Å². The van der Waals surface area contributed by atoms with Crippen molar-refractivity contribution in [3.63, 3.8) is 0 Å². The fourth-order valence-electron chi connectivity index (χ4n) is 2.98. The summed E-state index contributed by atoms with van der Waals surface area (Å²) in [6, 6.07) is 0.710. The molecule has 4 nitrogen and oxygen atoms in total. The number of carbonyl (C=O) groups excluding carboxylic acids is 1. The summed E-state index contributed by atoms with van der Waals surface area (Å²) in [5.74, 6) is 0.143. The van der Waals surface area contributed by atoms with Gasteiger partial charge in [-0.25, -0.2) is 0 Å². The third-order valence-corrected chi connectivity index (χ3v) is 3.99. The summed E-state index contributed by atoms with van der Waals surface area (Å²) in [4.78, 5) is 16.2. The molecule has 0 spiro atoms. The van der Waals surface area contributed by atoms with Crippen LogP contribution in [0.5, 0.6) is 0 Å². The lowest BCUT2D eigenvalue weighted by Gasteiger charge is -2.40. The fourth-order valence-corrected chi connectivity index (χ4v) is 2.98. The van der Waals surface area contributed by atoms with Crippen molar-refractivity contribution in [3.8, 4) is 0 Å². The van der Waals surface area contributed by atoms with Crippen LogP contribution in [0.3, 0.4) is 0 Å². The van der Waals surface area contributed by atoms with Crippen LogP contribution in [0.1, 0.15) is 32.1 Å². The second kappa shape index (κ2) is 6.36. The third-order valence-electron chi connectivity index (χ3n) is 3.99. The molecule has 2 aliphatic rings. The number of rotatable bonds is 3. The van der Waals surface area contributed by atoms with Crippen molar-refractivity contribution in [1.29, 1.82) is 0 Å². The lowest BCUT2D eigenvalue weighted by atomic mass is 10.00. The van der Waals surface area contributed by atoms with Crippen molar-refractivity contribution in [1.82, 2.24) is 9.80 Å². The molecule has 0 aromatic rings. The van der Waals surface area contributed by atoms with Gasteiger partial charge >= 0.3 is 0 Å². The number of methoxy groups -OCH3 is 1. The Morgan fingerprint density at radius 2 is 1.76 bits per heavy atom. The largest absolute Gasteiger partial charge is 0.375 e. The van der Waals surface area contributed by atoms with E-state index in [1.807, 2.05) is 4.90 Å². The number of likely N-dealkylation sites (tertiary alicyclic amines) is 2. The van der Waals surface area contributed by atoms with Crippen LogP contribution in [0, 0.1) is 0 Å². The van der Waals surface area contributed by atoms with E-state index in [-0.39, 0.29) is 12.5 Å². The Labute approximate surface area is 104 Å². The Morgan fingerprint density at radius 3 is 2.35 bits per heavy atom. The average molecular weight is 240 g/mol. The Bertz CT molecular complexity index is 244. The van der Waals surface area contributed by atoms with Crippen molar-refractivity contribution < 1.29 is 9.53 Å². The zero-order valence-corrected chi connectivity index (χ0v) is 10.9. The Morgan fingerprint density at radius 1 is 1.12 bits per heavy atom. The highest BCUT2D eigenvalue weighted by atomic mass is 16.5. The molecule has 0 aromatic carbocycles. The number of nitrogens with zero attached hydrogens (tertiary/aromatic N) is 2. The minimum absolute atomic E-state index is 0.143. The first-order valence-corrected chi connectivity index (χ1v) is 6.82. The van der Waals surface area contributed by atoms with Gasteiger partial charge in [0.1, 0.15) is 6.61 Å². The van der Waals surface area contributed by atoms with Gasteiger partial charge in [0.25, 0.3) is 0 Å². The monoisotopic (exact) mass is 240 g/mol. The Hall–Kier alpha value is -0.610. The standard InChI is InChI=1S/C13H24N2O2/c1-17-11-13(16)15-9-5-12(6-10-15)14-7-3-2-4-8-14/h12H,2-11H2,1H3. The molecule has 0 aliphatic carbocycles. The van der Waals surface area contributed by atoms with Gasteiger partial charge in [0.15, 0.2) is 0 Å². The van der Waals surface area contributed by atoms with Gasteiger partial charge in [-0.05, 0) is 38.8 Å². The summed E-state index contributed by atoms with van der Waals surface area (Å²) < 4.78 is 4.90. The van der Waals surface area contributed by atoms with Crippen LogP contribution >= 0.6 is 0 Å². The van der Waals surface area contributed by atoms with Crippen LogP contribution in [-0.4, -0.2) is 61.6 Å². The maximum absolute atomic E-state index is 11.7. The van der Waals surface area contributed by atoms with Crippen LogP contribution in [0.25, 0.3) is 0 Å². The van der Waals surface area contributed by atoms with Crippen molar-refractivity contribution in [3.05, 3.63) is 0 Å². The number of piperidine rings is 2. The van der Waals surface area contributed by atoms with E-state index in [0.717, 1.165) is 25.9 Å². The summed E-state index contributed by atoms with van der Waals surface area (Å²) in [7, 11) is 1.58. The SMILES string of the molecule is COCC(=O)N1CCC(N2CCCCC2)CC1. The first kappa shape index (κ1) is 12.8. The summed E-state index contributed by atoms with van der Waals surface area (Å²) >= 11 is 0. The number of hydrogen-bond acceptors (Lipinski definition) is 3. The van der Waals surface area contributed by atoms with Gasteiger partial charge in [0.05, 0.1) is 0 Å². The number of ether oxygens (including phenoxy) is 1. The zero-order chi connectivity index (χ0) is 12.1. The molecule has 4 heteroatoms. The van der Waals surface area contributed by atoms with Crippen molar-refractivity contribution in [2.75, 3.05) is 39.9 Å². The van der Waals surface area contributed by atoms with E-state index >= 15 is 0 Å². The normalized spacial score (nSPS) is 23.9. The Kier molecular flexibility index (Phi) is 4.80. The van der Waals surface area contributed by atoms with Crippen molar-refractivity contribution in [2.24, 2.45) is 0 Å². The molecular weight excluding hydrogens is 216 g/mol. The topological polar surface area (TPSA) is 32.8 Å². The molecule has 98 valence electrons. The fraction of sp³-hybridized carbons (Fsp3) is 0.923. The smallest absolute Gasteiger partial charge is 0.248 e. The highest BCUT2D eigenvalue weighted by Crippen LogP contribution is 2.20. The second-order valence-electron chi connectivity index (χ2n) is 5.14. The molecular formula is C13H24N2O2. The maximum atomic E-state index is 11.7. The summed E-state index contributed by atoms with van der Waals surface area (Å²) in [6.07, 6.45) is 6.36. The highest BCUT2D eigenvalue weighted by Gasteiger charge is 2.27. The first-order valence-electron chi connectivity index (χ1n) is 6.82. The van der Waals surface area contributed by atoms with Gasteiger partial charge in [-0.1, -0.05) is 6.42 Å². The molecule has 2 aliphatic heterocycles. The molecule has 2 heterocycles. The van der Waals surface area contributed by atoms with Gasteiger partial charge in [-0.15, -0.1) is 0 Å². The molecule has 0 saturated carbocycles. The van der Waals surface area contributed by atoms with Crippen LogP contribution in [0.15, 0.2) is 0 Å². The molecule has 2 saturated heterocycles. The maximum Gasteiger partial charge on any atom is 0.248 e. The van der Waals surface area contributed by atoms with Crippen LogP contribution in [0.2, 0.25) is 0 Å². The average Bonchev–Trinajstić information content (AvgIpc) is 2.40. The van der Waals surface area contributed by atoms with E-state index in [1.54, 1.807) is 7.11 Å². The second-order valence-corrected chi connectivity index (χ2v) is 5.14. The Balaban J connectivity index is 1.75. The summed E-state index contributed by atoms with van der Waals surface area (Å²) in [5, 5.41) is 0. The molecule has 17 heavy (non-hydrogen) atoms. The van der Waals surface area contributed by atoms with E-state index in [4.69, 9.17) is 4.74 Å². The molecule has 0 atom stereocenters. The number of carbonyl (C=O) groups is 1. The lowest BCUT2D eigenvalue weighted by Crippen LogP contribution is -2.48. The lowest BCUT2D eigenvalue weighted by molar-refractivity contribution is -0.136. The van der Waals surface area contributed by atoms with E-state index in [9.17, 15) is 4.79 Å². The minimum atomic E-state index is 0.143. The summed E-state index contributed by atoms with van der Waals surface area (Å²) in [5.41, 5.74) is 0. The van der Waals surface area contributed by atoms with Crippen molar-refractivity contribution >= 4 is 5.91 Å². The van der Waals surface area contributed by atoms with E-state index in [0.29, 0.717) is 6.04 Å². The molecule has 2 rings (SSSR count). The predicted octanol–water partition coefficient (Wildman–Crippen LogP) is 1.11. The minimum Gasteiger partial charge on any atom is -0.375 e. The summed E-state index contributed by atoms with van der Waals surface area (Å²) in [6.45, 7) is 4.56. The van der Waals surface area contributed by atoms with E-state index in [2.05, 4.69) is 4.90 Å². The van der Waals surface area contributed by atoms with E-state index < -0.39 is 0 Å². The predicted molar refractivity (Wildman–Crippen MR) is 66.9 cm³/mol. The van der Waals surface area contributed by atoms with E-state index in [1.165, 1.54) is 32.4 Å². The molecule has 0 aromatic heterocycles. The van der Waals surface area contributed by atoms with Gasteiger partial charge in [0, 0.05) is 26.2 Å². The quantitative estimate of drug-likeness (QED) is 0.741. The molecule has 2 fully saturated rings. The molecule has 0 N–H and O–H groups in total. The molecule has 0 radical (unpaired) electrons.